The largest absolute Gasteiger partial charge is 0.0654 e. The van der Waals surface area contributed by atoms with Crippen LogP contribution in [0.2, 0.25) is 0 Å². The molecule has 0 aliphatic rings. The first kappa shape index (κ1) is 14.8. The molecule has 0 bridgehead atoms. The Bertz CT molecular complexity index is 508. The van der Waals surface area contributed by atoms with E-state index in [0.717, 1.165) is 6.42 Å². The monoisotopic (exact) mass is 266 g/mol. The number of hydrogen-bond acceptors (Lipinski definition) is 0. The summed E-state index contributed by atoms with van der Waals surface area (Å²) in [5.74, 6) is 0. The molecule has 0 N–H and O–H groups in total. The predicted molar refractivity (Wildman–Crippen MR) is 88.3 cm³/mol. The highest BCUT2D eigenvalue weighted by molar-refractivity contribution is 5.33. The minimum atomic E-state index is 1.04. The summed E-state index contributed by atoms with van der Waals surface area (Å²) in [6, 6.07) is 17.9. The molecule has 0 radical (unpaired) electrons. The summed E-state index contributed by atoms with van der Waals surface area (Å²) in [5.41, 5.74) is 5.71. The van der Waals surface area contributed by atoms with E-state index in [-0.39, 0.29) is 0 Å². The van der Waals surface area contributed by atoms with Crippen molar-refractivity contribution in [2.24, 2.45) is 0 Å². The first-order valence-corrected chi connectivity index (χ1v) is 7.92. The summed E-state index contributed by atoms with van der Waals surface area (Å²) in [5, 5.41) is 0. The number of unbranched alkanes of at least 4 members (excludes halogenated alkanes) is 3. The number of rotatable bonds is 7. The molecule has 20 heavy (non-hydrogen) atoms. The molecule has 0 spiro atoms. The standard InChI is InChI=1S/C20H26/c1-3-4-5-6-10-18-12-14-19(15-13-18)16-20-11-8-7-9-17(20)2/h7-9,11-15H,3-6,10,16H2,1-2H3. The van der Waals surface area contributed by atoms with E-state index in [9.17, 15) is 0 Å². The maximum atomic E-state index is 2.31. The van der Waals surface area contributed by atoms with Gasteiger partial charge in [-0.1, -0.05) is 74.7 Å². The highest BCUT2D eigenvalue weighted by atomic mass is 14.1. The molecule has 0 saturated heterocycles. The first-order valence-electron chi connectivity index (χ1n) is 7.92. The summed E-state index contributed by atoms with van der Waals surface area (Å²) in [4.78, 5) is 0. The van der Waals surface area contributed by atoms with E-state index in [1.165, 1.54) is 54.4 Å². The predicted octanol–water partition coefficient (Wildman–Crippen LogP) is 5.71. The zero-order valence-electron chi connectivity index (χ0n) is 12.9. The number of aryl methyl sites for hydroxylation is 2. The zero-order valence-corrected chi connectivity index (χ0v) is 12.9. The molecule has 0 fully saturated rings. The molecule has 2 aromatic rings. The van der Waals surface area contributed by atoms with Gasteiger partial charge < -0.3 is 0 Å². The lowest BCUT2D eigenvalue weighted by molar-refractivity contribution is 0.667. The Kier molecular flexibility index (Phi) is 5.86. The van der Waals surface area contributed by atoms with Crippen LogP contribution in [0.4, 0.5) is 0 Å². The van der Waals surface area contributed by atoms with Gasteiger partial charge in [0.1, 0.15) is 0 Å². The molecule has 0 aliphatic heterocycles. The third kappa shape index (κ3) is 4.52. The summed E-state index contributed by atoms with van der Waals surface area (Å²) in [7, 11) is 0. The Balaban J connectivity index is 1.90. The lowest BCUT2D eigenvalue weighted by Gasteiger charge is -2.07. The minimum Gasteiger partial charge on any atom is -0.0654 e. The first-order chi connectivity index (χ1) is 9.79. The fourth-order valence-corrected chi connectivity index (χ4v) is 2.61. The Labute approximate surface area is 123 Å². The van der Waals surface area contributed by atoms with Crippen molar-refractivity contribution in [3.63, 3.8) is 0 Å². The lowest BCUT2D eigenvalue weighted by atomic mass is 9.98. The maximum absolute atomic E-state index is 2.31. The maximum Gasteiger partial charge on any atom is -0.00231 e. The molecule has 0 heterocycles. The fraction of sp³-hybridized carbons (Fsp3) is 0.400. The SMILES string of the molecule is CCCCCCc1ccc(Cc2ccccc2C)cc1. The van der Waals surface area contributed by atoms with Crippen molar-refractivity contribution in [2.75, 3.05) is 0 Å². The molecule has 0 aliphatic carbocycles. The van der Waals surface area contributed by atoms with Gasteiger partial charge in [0, 0.05) is 0 Å². The van der Waals surface area contributed by atoms with Crippen LogP contribution < -0.4 is 0 Å². The van der Waals surface area contributed by atoms with Crippen LogP contribution in [-0.4, -0.2) is 0 Å². The van der Waals surface area contributed by atoms with E-state index in [1.807, 2.05) is 0 Å². The molecule has 2 aromatic carbocycles. The van der Waals surface area contributed by atoms with Crippen molar-refractivity contribution >= 4 is 0 Å². The van der Waals surface area contributed by atoms with Gasteiger partial charge in [-0.15, -0.1) is 0 Å². The molecule has 106 valence electrons. The molecule has 0 amide bonds. The van der Waals surface area contributed by atoms with Crippen LogP contribution in [0, 0.1) is 6.92 Å². The molecule has 0 aromatic heterocycles. The van der Waals surface area contributed by atoms with Crippen molar-refractivity contribution in [1.82, 2.24) is 0 Å². The molecule has 0 unspecified atom stereocenters. The highest BCUT2D eigenvalue weighted by Crippen LogP contribution is 2.15. The summed E-state index contributed by atoms with van der Waals surface area (Å²) >= 11 is 0. The Morgan fingerprint density at radius 3 is 2.15 bits per heavy atom. The van der Waals surface area contributed by atoms with Crippen molar-refractivity contribution in [3.05, 3.63) is 70.8 Å². The molecule has 0 atom stereocenters. The average Bonchev–Trinajstić information content (AvgIpc) is 2.48. The van der Waals surface area contributed by atoms with Crippen molar-refractivity contribution < 1.29 is 0 Å². The molecular weight excluding hydrogens is 240 g/mol. The summed E-state index contributed by atoms with van der Waals surface area (Å²) in [6.07, 6.45) is 7.64. The number of benzene rings is 2. The highest BCUT2D eigenvalue weighted by Gasteiger charge is 2.00. The normalized spacial score (nSPS) is 10.7. The number of hydrogen-bond donors (Lipinski definition) is 0. The zero-order chi connectivity index (χ0) is 14.2. The van der Waals surface area contributed by atoms with Crippen LogP contribution in [0.3, 0.4) is 0 Å². The van der Waals surface area contributed by atoms with Crippen LogP contribution >= 0.6 is 0 Å². The Morgan fingerprint density at radius 2 is 1.45 bits per heavy atom. The molecular formula is C20H26. The molecule has 0 saturated carbocycles. The second-order valence-corrected chi connectivity index (χ2v) is 5.73. The molecule has 2 rings (SSSR count). The van der Waals surface area contributed by atoms with Gasteiger partial charge in [0.25, 0.3) is 0 Å². The van der Waals surface area contributed by atoms with E-state index < -0.39 is 0 Å². The molecule has 0 nitrogen and oxygen atoms in total. The van der Waals surface area contributed by atoms with Crippen LogP contribution in [-0.2, 0) is 12.8 Å². The third-order valence-corrected chi connectivity index (χ3v) is 4.00. The second-order valence-electron chi connectivity index (χ2n) is 5.73. The van der Waals surface area contributed by atoms with Gasteiger partial charge in [-0.3, -0.25) is 0 Å². The van der Waals surface area contributed by atoms with Crippen molar-refractivity contribution in [3.8, 4) is 0 Å². The lowest BCUT2D eigenvalue weighted by Crippen LogP contribution is -1.92. The fourth-order valence-electron chi connectivity index (χ4n) is 2.61. The van der Waals surface area contributed by atoms with E-state index in [2.05, 4.69) is 62.4 Å². The van der Waals surface area contributed by atoms with Crippen molar-refractivity contribution in [1.29, 1.82) is 0 Å². The van der Waals surface area contributed by atoms with Crippen LogP contribution in [0.1, 0.15) is 54.9 Å². The minimum absolute atomic E-state index is 1.04. The van der Waals surface area contributed by atoms with E-state index in [1.54, 1.807) is 0 Å². The third-order valence-electron chi connectivity index (χ3n) is 4.00. The van der Waals surface area contributed by atoms with Gasteiger partial charge in [0.2, 0.25) is 0 Å². The Hall–Kier alpha value is -1.56. The van der Waals surface area contributed by atoms with Gasteiger partial charge in [0.05, 0.1) is 0 Å². The second kappa shape index (κ2) is 7.89. The Morgan fingerprint density at radius 1 is 0.750 bits per heavy atom. The summed E-state index contributed by atoms with van der Waals surface area (Å²) in [6.45, 7) is 4.46. The van der Waals surface area contributed by atoms with E-state index >= 15 is 0 Å². The van der Waals surface area contributed by atoms with E-state index in [0.29, 0.717) is 0 Å². The topological polar surface area (TPSA) is 0 Å². The van der Waals surface area contributed by atoms with Gasteiger partial charge in [0.15, 0.2) is 0 Å². The average molecular weight is 266 g/mol. The van der Waals surface area contributed by atoms with Gasteiger partial charge in [-0.2, -0.15) is 0 Å². The van der Waals surface area contributed by atoms with Gasteiger partial charge in [-0.25, -0.2) is 0 Å². The van der Waals surface area contributed by atoms with Crippen molar-refractivity contribution in [2.45, 2.75) is 52.4 Å². The van der Waals surface area contributed by atoms with Crippen LogP contribution in [0.25, 0.3) is 0 Å². The van der Waals surface area contributed by atoms with E-state index in [4.69, 9.17) is 0 Å². The van der Waals surface area contributed by atoms with Gasteiger partial charge in [-0.05, 0) is 48.4 Å². The summed E-state index contributed by atoms with van der Waals surface area (Å²) < 4.78 is 0. The smallest absolute Gasteiger partial charge is 0.00231 e. The quantitative estimate of drug-likeness (QED) is 0.563. The molecule has 0 heteroatoms. The van der Waals surface area contributed by atoms with Crippen LogP contribution in [0.15, 0.2) is 48.5 Å². The van der Waals surface area contributed by atoms with Gasteiger partial charge >= 0.3 is 0 Å². The van der Waals surface area contributed by atoms with Crippen LogP contribution in [0.5, 0.6) is 0 Å².